The van der Waals surface area contributed by atoms with Crippen molar-refractivity contribution in [3.63, 3.8) is 0 Å². The molecule has 0 bridgehead atoms. The number of hydrogen-bond donors (Lipinski definition) is 1. The molecule has 0 atom stereocenters. The Hall–Kier alpha value is -3.26. The van der Waals surface area contributed by atoms with Crippen molar-refractivity contribution in [3.05, 3.63) is 58.4 Å². The highest BCUT2D eigenvalue weighted by molar-refractivity contribution is 5.79. The normalized spacial score (nSPS) is 15.5. The number of aromatic amines is 1. The van der Waals surface area contributed by atoms with Gasteiger partial charge in [0.25, 0.3) is 0 Å². The number of aromatic nitrogens is 5. The molecular weight excluding hydrogens is 354 g/mol. The first-order valence-electron chi connectivity index (χ1n) is 9.41. The molecule has 0 unspecified atom stereocenters. The standard InChI is InChI=1S/C20H21N7O/c1-25-8-10-26(11-9-25)18-6-5-17-20(22-18)27(24-23-17)13-14-2-4-16-15(12-14)3-7-19(28)21-16/h2-7,12H,8-11,13H2,1H3,(H,21,28). The first-order chi connectivity index (χ1) is 13.7. The van der Waals surface area contributed by atoms with Crippen LogP contribution in [0.15, 0.2) is 47.3 Å². The van der Waals surface area contributed by atoms with E-state index in [2.05, 4.69) is 38.2 Å². The summed E-state index contributed by atoms with van der Waals surface area (Å²) in [5.74, 6) is 0.972. The second-order valence-electron chi connectivity index (χ2n) is 7.29. The van der Waals surface area contributed by atoms with Crippen LogP contribution in [0.3, 0.4) is 0 Å². The third-order valence-electron chi connectivity index (χ3n) is 5.29. The minimum atomic E-state index is -0.0943. The third kappa shape index (κ3) is 3.11. The first-order valence-corrected chi connectivity index (χ1v) is 9.41. The van der Waals surface area contributed by atoms with Crippen molar-refractivity contribution >= 4 is 27.9 Å². The molecular formula is C20H21N7O. The Balaban J connectivity index is 1.46. The van der Waals surface area contributed by atoms with Crippen LogP contribution in [0.2, 0.25) is 0 Å². The maximum Gasteiger partial charge on any atom is 0.248 e. The number of anilines is 1. The minimum absolute atomic E-state index is 0.0943. The van der Waals surface area contributed by atoms with Gasteiger partial charge >= 0.3 is 0 Å². The number of nitrogens with zero attached hydrogens (tertiary/aromatic N) is 6. The van der Waals surface area contributed by atoms with Gasteiger partial charge in [0.2, 0.25) is 5.56 Å². The summed E-state index contributed by atoms with van der Waals surface area (Å²) in [4.78, 5) is 23.8. The Morgan fingerprint density at radius 2 is 1.89 bits per heavy atom. The molecule has 1 aliphatic heterocycles. The maximum atomic E-state index is 11.5. The molecule has 4 aromatic rings. The number of benzene rings is 1. The van der Waals surface area contributed by atoms with E-state index in [0.29, 0.717) is 6.54 Å². The maximum absolute atomic E-state index is 11.5. The Morgan fingerprint density at radius 1 is 1.04 bits per heavy atom. The lowest BCUT2D eigenvalue weighted by Gasteiger charge is -2.33. The lowest BCUT2D eigenvalue weighted by molar-refractivity contribution is 0.312. The number of nitrogens with one attached hydrogen (secondary N) is 1. The lowest BCUT2D eigenvalue weighted by Crippen LogP contribution is -2.44. The van der Waals surface area contributed by atoms with Gasteiger partial charge in [-0.25, -0.2) is 9.67 Å². The molecule has 1 fully saturated rings. The molecule has 28 heavy (non-hydrogen) atoms. The van der Waals surface area contributed by atoms with Crippen LogP contribution in [0.4, 0.5) is 5.82 Å². The number of pyridine rings is 2. The highest BCUT2D eigenvalue weighted by atomic mass is 16.1. The van der Waals surface area contributed by atoms with Crippen molar-refractivity contribution in [2.75, 3.05) is 38.1 Å². The van der Waals surface area contributed by atoms with Gasteiger partial charge in [0.05, 0.1) is 6.54 Å². The van der Waals surface area contributed by atoms with Crippen molar-refractivity contribution in [2.45, 2.75) is 6.54 Å². The molecule has 0 aliphatic carbocycles. The number of rotatable bonds is 3. The van der Waals surface area contributed by atoms with Crippen molar-refractivity contribution in [1.29, 1.82) is 0 Å². The number of H-pyrrole nitrogens is 1. The molecule has 1 aromatic carbocycles. The summed E-state index contributed by atoms with van der Waals surface area (Å²) in [5, 5.41) is 9.56. The second-order valence-corrected chi connectivity index (χ2v) is 7.29. The Bertz CT molecular complexity index is 1200. The van der Waals surface area contributed by atoms with Gasteiger partial charge in [0, 0.05) is 37.8 Å². The Labute approximate surface area is 161 Å². The quantitative estimate of drug-likeness (QED) is 0.584. The zero-order chi connectivity index (χ0) is 19.1. The van der Waals surface area contributed by atoms with Crippen molar-refractivity contribution in [2.24, 2.45) is 0 Å². The third-order valence-corrected chi connectivity index (χ3v) is 5.29. The highest BCUT2D eigenvalue weighted by Gasteiger charge is 2.17. The van der Waals surface area contributed by atoms with Crippen LogP contribution in [-0.2, 0) is 6.54 Å². The van der Waals surface area contributed by atoms with Gasteiger partial charge in [-0.05, 0) is 48.3 Å². The fourth-order valence-electron chi connectivity index (χ4n) is 3.64. The first kappa shape index (κ1) is 16.9. The van der Waals surface area contributed by atoms with Crippen molar-refractivity contribution in [1.82, 2.24) is 29.9 Å². The molecule has 1 aliphatic rings. The van der Waals surface area contributed by atoms with E-state index in [4.69, 9.17) is 4.98 Å². The fourth-order valence-corrected chi connectivity index (χ4v) is 3.64. The predicted octanol–water partition coefficient (Wildman–Crippen LogP) is 1.47. The summed E-state index contributed by atoms with van der Waals surface area (Å²) < 4.78 is 1.84. The average Bonchev–Trinajstić information content (AvgIpc) is 3.11. The average molecular weight is 375 g/mol. The summed E-state index contributed by atoms with van der Waals surface area (Å²) in [6.07, 6.45) is 0. The molecule has 8 heteroatoms. The highest BCUT2D eigenvalue weighted by Crippen LogP contribution is 2.19. The SMILES string of the molecule is CN1CCN(c2ccc3nnn(Cc4ccc5[nH]c(=O)ccc5c4)c3n2)CC1. The molecule has 8 nitrogen and oxygen atoms in total. The van der Waals surface area contributed by atoms with E-state index in [1.807, 2.05) is 35.0 Å². The molecule has 142 valence electrons. The van der Waals surface area contributed by atoms with Crippen LogP contribution in [0.1, 0.15) is 5.56 Å². The van der Waals surface area contributed by atoms with Crippen LogP contribution in [0.25, 0.3) is 22.1 Å². The number of likely N-dealkylation sites (N-methyl/N-ethyl adjacent to an activating group) is 1. The monoisotopic (exact) mass is 375 g/mol. The molecule has 5 rings (SSSR count). The summed E-state index contributed by atoms with van der Waals surface area (Å²) in [7, 11) is 2.14. The van der Waals surface area contributed by atoms with Crippen LogP contribution in [0.5, 0.6) is 0 Å². The van der Waals surface area contributed by atoms with Gasteiger partial charge in [-0.3, -0.25) is 4.79 Å². The summed E-state index contributed by atoms with van der Waals surface area (Å²) in [5.41, 5.74) is 3.40. The van der Waals surface area contributed by atoms with Gasteiger partial charge in [-0.1, -0.05) is 11.3 Å². The smallest absolute Gasteiger partial charge is 0.248 e. The molecule has 0 amide bonds. The van der Waals surface area contributed by atoms with E-state index in [-0.39, 0.29) is 5.56 Å². The van der Waals surface area contributed by atoms with Gasteiger partial charge in [0.1, 0.15) is 11.3 Å². The van der Waals surface area contributed by atoms with E-state index < -0.39 is 0 Å². The molecule has 0 saturated carbocycles. The largest absolute Gasteiger partial charge is 0.354 e. The Morgan fingerprint density at radius 3 is 2.75 bits per heavy atom. The summed E-state index contributed by atoms with van der Waals surface area (Å²) in [6.45, 7) is 4.59. The van der Waals surface area contributed by atoms with Crippen LogP contribution < -0.4 is 10.5 Å². The van der Waals surface area contributed by atoms with Gasteiger partial charge < -0.3 is 14.8 Å². The zero-order valence-corrected chi connectivity index (χ0v) is 15.7. The topological polar surface area (TPSA) is 82.9 Å². The van der Waals surface area contributed by atoms with Crippen LogP contribution in [-0.4, -0.2) is 63.1 Å². The molecule has 0 spiro atoms. The fraction of sp³-hybridized carbons (Fsp3) is 0.300. The van der Waals surface area contributed by atoms with Crippen LogP contribution >= 0.6 is 0 Å². The van der Waals surface area contributed by atoms with Crippen molar-refractivity contribution < 1.29 is 0 Å². The lowest BCUT2D eigenvalue weighted by atomic mass is 10.1. The molecule has 0 radical (unpaired) electrons. The van der Waals surface area contributed by atoms with Crippen LogP contribution in [0, 0.1) is 0 Å². The van der Waals surface area contributed by atoms with Gasteiger partial charge in [-0.15, -0.1) is 5.10 Å². The zero-order valence-electron chi connectivity index (χ0n) is 15.7. The van der Waals surface area contributed by atoms with E-state index in [1.165, 1.54) is 0 Å². The van der Waals surface area contributed by atoms with Crippen molar-refractivity contribution in [3.8, 4) is 0 Å². The predicted molar refractivity (Wildman–Crippen MR) is 109 cm³/mol. The summed E-state index contributed by atoms with van der Waals surface area (Å²) >= 11 is 0. The number of fused-ring (bicyclic) bond motifs is 2. The van der Waals surface area contributed by atoms with E-state index in [0.717, 1.165) is 59.6 Å². The number of hydrogen-bond acceptors (Lipinski definition) is 6. The molecule has 1 saturated heterocycles. The number of piperazine rings is 1. The summed E-state index contributed by atoms with van der Waals surface area (Å²) in [6, 6.07) is 13.4. The van der Waals surface area contributed by atoms with Gasteiger partial charge in [0.15, 0.2) is 5.65 Å². The Kier molecular flexibility index (Phi) is 4.05. The van der Waals surface area contributed by atoms with Gasteiger partial charge in [-0.2, -0.15) is 0 Å². The molecule has 3 aromatic heterocycles. The second kappa shape index (κ2) is 6.72. The van der Waals surface area contributed by atoms with E-state index in [1.54, 1.807) is 6.07 Å². The molecule has 1 N–H and O–H groups in total. The van der Waals surface area contributed by atoms with E-state index in [9.17, 15) is 4.79 Å². The molecule has 4 heterocycles. The van der Waals surface area contributed by atoms with E-state index >= 15 is 0 Å². The minimum Gasteiger partial charge on any atom is -0.354 e.